The van der Waals surface area contributed by atoms with Crippen molar-refractivity contribution in [2.45, 2.75) is 36.4 Å². The molecule has 2 aromatic carbocycles. The lowest BCUT2D eigenvalue weighted by Crippen LogP contribution is -2.31. The normalized spacial score (nSPS) is 15.3. The van der Waals surface area contributed by atoms with Gasteiger partial charge in [0.25, 0.3) is 5.91 Å². The van der Waals surface area contributed by atoms with E-state index in [4.69, 9.17) is 9.15 Å². The molecule has 1 unspecified atom stereocenters. The van der Waals surface area contributed by atoms with Gasteiger partial charge in [-0.25, -0.2) is 4.39 Å². The van der Waals surface area contributed by atoms with Gasteiger partial charge in [-0.3, -0.25) is 14.5 Å². The van der Waals surface area contributed by atoms with Crippen molar-refractivity contribution in [1.29, 1.82) is 0 Å². The Labute approximate surface area is 232 Å². The zero-order valence-electron chi connectivity index (χ0n) is 21.1. The predicted molar refractivity (Wildman–Crippen MR) is 146 cm³/mol. The molecule has 5 rings (SSSR count). The number of aromatic nitrogens is 2. The molecule has 1 amide bonds. The van der Waals surface area contributed by atoms with Crippen LogP contribution >= 0.6 is 23.1 Å². The summed E-state index contributed by atoms with van der Waals surface area (Å²) in [4.78, 5) is 28.1. The molecule has 39 heavy (non-hydrogen) atoms. The summed E-state index contributed by atoms with van der Waals surface area (Å²) < 4.78 is 25.7. The second-order valence-corrected chi connectivity index (χ2v) is 10.9. The maximum atomic E-state index is 14.1. The van der Waals surface area contributed by atoms with Crippen LogP contribution in [0.25, 0.3) is 0 Å². The first-order valence-corrected chi connectivity index (χ1v) is 14.0. The van der Waals surface area contributed by atoms with Crippen LogP contribution in [-0.4, -0.2) is 33.6 Å². The van der Waals surface area contributed by atoms with E-state index >= 15 is 0 Å². The van der Waals surface area contributed by atoms with E-state index in [2.05, 4.69) is 10.2 Å². The molecular formula is C28H24FN3O5S2. The first-order valence-electron chi connectivity index (χ1n) is 12.2. The molecule has 0 bridgehead atoms. The number of amides is 1. The maximum absolute atomic E-state index is 14.1. The third-order valence-electron chi connectivity index (χ3n) is 6.00. The van der Waals surface area contributed by atoms with Gasteiger partial charge in [-0.1, -0.05) is 60.4 Å². The van der Waals surface area contributed by atoms with Crippen LogP contribution in [0.15, 0.2) is 80.8 Å². The number of hydrogen-bond donors (Lipinski definition) is 1. The Balaban J connectivity index is 1.48. The molecule has 1 N–H and O–H groups in total. The molecular weight excluding hydrogens is 541 g/mol. The summed E-state index contributed by atoms with van der Waals surface area (Å²) >= 11 is 2.39. The molecule has 0 fully saturated rings. The van der Waals surface area contributed by atoms with Gasteiger partial charge in [-0.05, 0) is 54.8 Å². The molecule has 1 aliphatic heterocycles. The molecule has 2 aromatic heterocycles. The fourth-order valence-electron chi connectivity index (χ4n) is 4.12. The molecule has 4 aromatic rings. The van der Waals surface area contributed by atoms with Gasteiger partial charge in [0.05, 0.1) is 18.2 Å². The van der Waals surface area contributed by atoms with Gasteiger partial charge in [-0.15, -0.1) is 10.2 Å². The van der Waals surface area contributed by atoms with Crippen molar-refractivity contribution in [3.63, 3.8) is 0 Å². The second-order valence-electron chi connectivity index (χ2n) is 8.73. The Morgan fingerprint density at radius 3 is 2.62 bits per heavy atom. The minimum Gasteiger partial charge on any atom is -0.503 e. The van der Waals surface area contributed by atoms with Crippen LogP contribution in [0.3, 0.4) is 0 Å². The Bertz CT molecular complexity index is 1550. The number of rotatable bonds is 10. The van der Waals surface area contributed by atoms with E-state index in [1.165, 1.54) is 28.8 Å². The molecule has 11 heteroatoms. The SMILES string of the molecule is CCCOc1ccc(C2C(C(=O)c3ccc(C)o3)=C(O)C(=O)N2c2nnc(SCc3ccccc3F)s2)cc1. The first kappa shape index (κ1) is 26.6. The van der Waals surface area contributed by atoms with Crippen molar-refractivity contribution in [3.05, 3.63) is 100 Å². The number of aliphatic hydroxyl groups excluding tert-OH is 1. The summed E-state index contributed by atoms with van der Waals surface area (Å²) in [5.41, 5.74) is 0.965. The summed E-state index contributed by atoms with van der Waals surface area (Å²) in [5, 5.41) is 19.5. The first-order chi connectivity index (χ1) is 18.9. The van der Waals surface area contributed by atoms with Gasteiger partial charge >= 0.3 is 0 Å². The predicted octanol–water partition coefficient (Wildman–Crippen LogP) is 6.44. The summed E-state index contributed by atoms with van der Waals surface area (Å²) in [7, 11) is 0. The van der Waals surface area contributed by atoms with Gasteiger partial charge in [0.15, 0.2) is 15.9 Å². The molecule has 8 nitrogen and oxygen atoms in total. The molecule has 0 radical (unpaired) electrons. The van der Waals surface area contributed by atoms with E-state index in [0.717, 1.165) is 17.8 Å². The van der Waals surface area contributed by atoms with Crippen molar-refractivity contribution in [2.75, 3.05) is 11.5 Å². The van der Waals surface area contributed by atoms with Crippen molar-refractivity contribution < 1.29 is 28.2 Å². The number of ketones is 1. The van der Waals surface area contributed by atoms with Crippen LogP contribution in [0.2, 0.25) is 0 Å². The summed E-state index contributed by atoms with van der Waals surface area (Å²) in [6, 6.07) is 15.6. The van der Waals surface area contributed by atoms with E-state index in [1.807, 2.05) is 6.92 Å². The second kappa shape index (κ2) is 11.4. The number of halogens is 1. The smallest absolute Gasteiger partial charge is 0.296 e. The van der Waals surface area contributed by atoms with Crippen LogP contribution < -0.4 is 9.64 Å². The summed E-state index contributed by atoms with van der Waals surface area (Å²) in [6.07, 6.45) is 0.846. The van der Waals surface area contributed by atoms with Crippen LogP contribution in [0.5, 0.6) is 5.75 Å². The highest BCUT2D eigenvalue weighted by atomic mass is 32.2. The van der Waals surface area contributed by atoms with E-state index < -0.39 is 23.5 Å². The molecule has 3 heterocycles. The van der Waals surface area contributed by atoms with E-state index in [0.29, 0.717) is 39.3 Å². The number of aryl methyl sites for hydroxylation is 1. The Hall–Kier alpha value is -3.96. The molecule has 0 saturated carbocycles. The van der Waals surface area contributed by atoms with Crippen molar-refractivity contribution in [1.82, 2.24) is 10.2 Å². The fraction of sp³-hybridized carbons (Fsp3) is 0.214. The van der Waals surface area contributed by atoms with Crippen molar-refractivity contribution >= 4 is 39.9 Å². The van der Waals surface area contributed by atoms with E-state index in [1.54, 1.807) is 55.5 Å². The lowest BCUT2D eigenvalue weighted by molar-refractivity contribution is -0.117. The lowest BCUT2D eigenvalue weighted by Gasteiger charge is -2.24. The molecule has 1 aliphatic rings. The maximum Gasteiger partial charge on any atom is 0.296 e. The number of furan rings is 1. The Kier molecular flexibility index (Phi) is 7.80. The van der Waals surface area contributed by atoms with Crippen molar-refractivity contribution in [3.8, 4) is 5.75 Å². The number of nitrogens with zero attached hydrogens (tertiary/aromatic N) is 3. The quantitative estimate of drug-likeness (QED) is 0.133. The van der Waals surface area contributed by atoms with Crippen LogP contribution in [-0.2, 0) is 10.5 Å². The molecule has 0 saturated heterocycles. The number of carbonyl (C=O) groups excluding carboxylic acids is 2. The highest BCUT2D eigenvalue weighted by Crippen LogP contribution is 2.44. The van der Waals surface area contributed by atoms with E-state index in [-0.39, 0.29) is 22.3 Å². The number of anilines is 1. The van der Waals surface area contributed by atoms with Crippen molar-refractivity contribution in [2.24, 2.45) is 0 Å². The largest absolute Gasteiger partial charge is 0.503 e. The topological polar surface area (TPSA) is 106 Å². The van der Waals surface area contributed by atoms with Gasteiger partial charge in [-0.2, -0.15) is 0 Å². The fourth-order valence-corrected chi connectivity index (χ4v) is 5.97. The number of thioether (sulfide) groups is 1. The lowest BCUT2D eigenvalue weighted by atomic mass is 9.95. The highest BCUT2D eigenvalue weighted by molar-refractivity contribution is 8.00. The summed E-state index contributed by atoms with van der Waals surface area (Å²) in [5.74, 6) is -0.886. The molecule has 1 atom stereocenters. The number of Topliss-reactive ketones (excluding diaryl/α,β-unsaturated/α-hetero) is 1. The molecule has 0 spiro atoms. The number of benzene rings is 2. The van der Waals surface area contributed by atoms with Gasteiger partial charge in [0, 0.05) is 5.75 Å². The van der Waals surface area contributed by atoms with Gasteiger partial charge in [0.1, 0.15) is 17.3 Å². The molecule has 0 aliphatic carbocycles. The summed E-state index contributed by atoms with van der Waals surface area (Å²) in [6.45, 7) is 4.25. The van der Waals surface area contributed by atoms with Crippen LogP contribution in [0.1, 0.15) is 46.8 Å². The third kappa shape index (κ3) is 5.45. The van der Waals surface area contributed by atoms with E-state index in [9.17, 15) is 19.1 Å². The number of ether oxygens (including phenoxy) is 1. The standard InChI is InChI=1S/C28H24FN3O5S2/c1-3-14-36-19-11-9-17(10-12-19)23-22(24(33)21-13-8-16(2)37-21)25(34)26(35)32(23)27-30-31-28(39-27)38-15-18-6-4-5-7-20(18)29/h4-13,23,34H,3,14-15H2,1-2H3. The monoisotopic (exact) mass is 565 g/mol. The highest BCUT2D eigenvalue weighted by Gasteiger charge is 2.46. The van der Waals surface area contributed by atoms with Gasteiger partial charge < -0.3 is 14.3 Å². The minimum atomic E-state index is -0.979. The number of hydrogen-bond acceptors (Lipinski definition) is 9. The minimum absolute atomic E-state index is 0.00925. The van der Waals surface area contributed by atoms with Crippen LogP contribution in [0, 0.1) is 12.7 Å². The average Bonchev–Trinajstić information content (AvgIpc) is 3.65. The molecule has 200 valence electrons. The number of carbonyl (C=O) groups is 2. The third-order valence-corrected chi connectivity index (χ3v) is 8.10. The zero-order valence-corrected chi connectivity index (χ0v) is 22.7. The Morgan fingerprint density at radius 1 is 1.15 bits per heavy atom. The van der Waals surface area contributed by atoms with Gasteiger partial charge in [0.2, 0.25) is 10.9 Å². The Morgan fingerprint density at radius 2 is 1.92 bits per heavy atom. The average molecular weight is 566 g/mol. The van der Waals surface area contributed by atoms with Crippen LogP contribution in [0.4, 0.5) is 9.52 Å². The number of aliphatic hydroxyl groups is 1. The zero-order chi connectivity index (χ0) is 27.5.